The number of sulfonamides is 1. The quantitative estimate of drug-likeness (QED) is 0.281. The number of amides is 1. The van der Waals surface area contributed by atoms with E-state index in [9.17, 15) is 23.3 Å². The molecule has 0 aromatic heterocycles. The third-order valence-electron chi connectivity index (χ3n) is 4.64. The van der Waals surface area contributed by atoms with Crippen LogP contribution < -0.4 is 14.4 Å². The molecule has 2 aromatic rings. The van der Waals surface area contributed by atoms with Crippen LogP contribution in [0.4, 0.5) is 11.4 Å². The van der Waals surface area contributed by atoms with Gasteiger partial charge in [0.1, 0.15) is 18.0 Å². The van der Waals surface area contributed by atoms with Crippen LogP contribution in [0.3, 0.4) is 0 Å². The number of non-ortho nitro benzene ring substituents is 1. The van der Waals surface area contributed by atoms with Gasteiger partial charge in [-0.15, -0.1) is 0 Å². The van der Waals surface area contributed by atoms with Crippen molar-refractivity contribution in [3.05, 3.63) is 63.7 Å². The number of anilines is 1. The lowest BCUT2D eigenvalue weighted by molar-refractivity contribution is -0.384. The number of methoxy groups -OCH3 is 1. The first-order valence-electron chi connectivity index (χ1n) is 9.82. The molecule has 0 spiro atoms. The Labute approximate surface area is 192 Å². The van der Waals surface area contributed by atoms with Gasteiger partial charge < -0.3 is 10.1 Å². The Bertz CT molecular complexity index is 1060. The van der Waals surface area contributed by atoms with Crippen LogP contribution in [-0.2, 0) is 20.6 Å². The summed E-state index contributed by atoms with van der Waals surface area (Å²) >= 11 is 1.76. The molecule has 9 nitrogen and oxygen atoms in total. The molecule has 2 aromatic carbocycles. The van der Waals surface area contributed by atoms with Gasteiger partial charge in [-0.1, -0.05) is 24.3 Å². The minimum atomic E-state index is -3.90. The summed E-state index contributed by atoms with van der Waals surface area (Å²) < 4.78 is 30.6. The van der Waals surface area contributed by atoms with E-state index in [1.54, 1.807) is 11.8 Å². The Hall–Kier alpha value is -2.79. The second-order valence-corrected chi connectivity index (χ2v) is 10.1. The standard InChI is InChI=1S/C21H27N3O6S2/c1-16-7-4-5-8-17(16)15-31-12-6-11-22-21(25)14-23(32(3,28)29)19-13-18(24(26)27)9-10-20(19)30-2/h4-5,7-10,13H,6,11-12,14-15H2,1-3H3,(H,22,25). The second-order valence-electron chi connectivity index (χ2n) is 7.07. The fourth-order valence-corrected chi connectivity index (χ4v) is 4.80. The maximum atomic E-state index is 12.4. The van der Waals surface area contributed by atoms with Gasteiger partial charge in [-0.05, 0) is 36.3 Å². The molecule has 2 rings (SSSR count). The summed E-state index contributed by atoms with van der Waals surface area (Å²) in [5.41, 5.74) is 2.15. The van der Waals surface area contributed by atoms with E-state index in [-0.39, 0.29) is 17.1 Å². The SMILES string of the molecule is COc1ccc([N+](=O)[O-])cc1N(CC(=O)NCCCSCc1ccccc1C)S(C)(=O)=O. The van der Waals surface area contributed by atoms with Gasteiger partial charge in [0, 0.05) is 24.4 Å². The smallest absolute Gasteiger partial charge is 0.271 e. The minimum Gasteiger partial charge on any atom is -0.495 e. The van der Waals surface area contributed by atoms with E-state index in [0.29, 0.717) is 6.54 Å². The van der Waals surface area contributed by atoms with Crippen molar-refractivity contribution >= 4 is 39.1 Å². The zero-order chi connectivity index (χ0) is 23.7. The predicted octanol–water partition coefficient (Wildman–Crippen LogP) is 3.12. The van der Waals surface area contributed by atoms with Gasteiger partial charge in [0.05, 0.1) is 18.3 Å². The fraction of sp³-hybridized carbons (Fsp3) is 0.381. The van der Waals surface area contributed by atoms with Gasteiger partial charge in [0.15, 0.2) is 0 Å². The molecule has 0 saturated heterocycles. The molecule has 11 heteroatoms. The van der Waals surface area contributed by atoms with E-state index >= 15 is 0 Å². The molecule has 0 aliphatic heterocycles. The van der Waals surface area contributed by atoms with Gasteiger partial charge in [-0.3, -0.25) is 19.2 Å². The number of ether oxygens (including phenoxy) is 1. The van der Waals surface area contributed by atoms with Gasteiger partial charge >= 0.3 is 0 Å². The van der Waals surface area contributed by atoms with Crippen molar-refractivity contribution in [1.29, 1.82) is 0 Å². The first kappa shape index (κ1) is 25.5. The zero-order valence-corrected chi connectivity index (χ0v) is 19.9. The topological polar surface area (TPSA) is 119 Å². The maximum Gasteiger partial charge on any atom is 0.271 e. The first-order valence-corrected chi connectivity index (χ1v) is 12.8. The number of nitro groups is 1. The van der Waals surface area contributed by atoms with Crippen molar-refractivity contribution in [2.75, 3.05) is 36.5 Å². The average Bonchev–Trinajstić information content (AvgIpc) is 2.74. The zero-order valence-electron chi connectivity index (χ0n) is 18.2. The number of hydrogen-bond acceptors (Lipinski definition) is 7. The molecule has 0 radical (unpaired) electrons. The van der Waals surface area contributed by atoms with Crippen LogP contribution in [0.2, 0.25) is 0 Å². The van der Waals surface area contributed by atoms with E-state index in [4.69, 9.17) is 4.74 Å². The Morgan fingerprint density at radius 2 is 1.97 bits per heavy atom. The Kier molecular flexibility index (Phi) is 9.33. The summed E-state index contributed by atoms with van der Waals surface area (Å²) in [5, 5.41) is 13.8. The van der Waals surface area contributed by atoms with Crippen LogP contribution in [0.5, 0.6) is 5.75 Å². The lowest BCUT2D eigenvalue weighted by atomic mass is 10.1. The highest BCUT2D eigenvalue weighted by atomic mass is 32.2. The molecule has 0 saturated carbocycles. The molecule has 0 fully saturated rings. The monoisotopic (exact) mass is 481 g/mol. The summed E-state index contributed by atoms with van der Waals surface area (Å²) in [6, 6.07) is 11.8. The Morgan fingerprint density at radius 1 is 1.25 bits per heavy atom. The summed E-state index contributed by atoms with van der Waals surface area (Å²) in [6.45, 7) is 1.95. The van der Waals surface area contributed by atoms with Crippen LogP contribution in [0.15, 0.2) is 42.5 Å². The van der Waals surface area contributed by atoms with Crippen molar-refractivity contribution in [3.63, 3.8) is 0 Å². The van der Waals surface area contributed by atoms with E-state index in [1.165, 1.54) is 30.4 Å². The molecule has 1 amide bonds. The molecule has 0 aliphatic carbocycles. The molecular formula is C21H27N3O6S2. The summed E-state index contributed by atoms with van der Waals surface area (Å²) in [6.07, 6.45) is 1.65. The van der Waals surface area contributed by atoms with Gasteiger partial charge in [-0.25, -0.2) is 8.42 Å². The van der Waals surface area contributed by atoms with Gasteiger partial charge in [0.25, 0.3) is 5.69 Å². The number of thioether (sulfide) groups is 1. The number of nitrogens with one attached hydrogen (secondary N) is 1. The second kappa shape index (κ2) is 11.7. The molecule has 0 heterocycles. The van der Waals surface area contributed by atoms with Gasteiger partial charge in [-0.2, -0.15) is 11.8 Å². The lowest BCUT2D eigenvalue weighted by Crippen LogP contribution is -2.40. The number of nitrogens with zero attached hydrogens (tertiary/aromatic N) is 2. The third-order valence-corrected chi connectivity index (χ3v) is 6.85. The van der Waals surface area contributed by atoms with Crippen LogP contribution >= 0.6 is 11.8 Å². The molecule has 32 heavy (non-hydrogen) atoms. The van der Waals surface area contributed by atoms with Crippen molar-refractivity contribution in [3.8, 4) is 5.75 Å². The van der Waals surface area contributed by atoms with E-state index in [1.807, 2.05) is 12.1 Å². The van der Waals surface area contributed by atoms with Crippen molar-refractivity contribution in [2.24, 2.45) is 0 Å². The highest BCUT2D eigenvalue weighted by molar-refractivity contribution is 7.98. The van der Waals surface area contributed by atoms with Crippen LogP contribution in [0, 0.1) is 17.0 Å². The van der Waals surface area contributed by atoms with Crippen LogP contribution in [0.1, 0.15) is 17.5 Å². The number of benzene rings is 2. The summed E-state index contributed by atoms with van der Waals surface area (Å²) in [4.78, 5) is 22.9. The number of hydrogen-bond donors (Lipinski definition) is 1. The predicted molar refractivity (Wildman–Crippen MR) is 127 cm³/mol. The number of carbonyl (C=O) groups excluding carboxylic acids is 1. The van der Waals surface area contributed by atoms with E-state index < -0.39 is 27.4 Å². The fourth-order valence-electron chi connectivity index (χ4n) is 2.91. The number of aryl methyl sites for hydroxylation is 1. The highest BCUT2D eigenvalue weighted by Gasteiger charge is 2.26. The van der Waals surface area contributed by atoms with E-state index in [0.717, 1.165) is 34.6 Å². The number of rotatable bonds is 12. The van der Waals surface area contributed by atoms with Crippen LogP contribution in [-0.4, -0.2) is 51.5 Å². The van der Waals surface area contributed by atoms with Crippen molar-refractivity contribution in [2.45, 2.75) is 19.1 Å². The van der Waals surface area contributed by atoms with Gasteiger partial charge in [0.2, 0.25) is 15.9 Å². The number of carbonyl (C=O) groups is 1. The molecule has 174 valence electrons. The maximum absolute atomic E-state index is 12.4. The average molecular weight is 482 g/mol. The molecule has 0 aliphatic rings. The largest absolute Gasteiger partial charge is 0.495 e. The van der Waals surface area contributed by atoms with E-state index in [2.05, 4.69) is 24.4 Å². The van der Waals surface area contributed by atoms with Crippen molar-refractivity contribution < 1.29 is 22.9 Å². The van der Waals surface area contributed by atoms with Crippen molar-refractivity contribution in [1.82, 2.24) is 5.32 Å². The highest BCUT2D eigenvalue weighted by Crippen LogP contribution is 2.33. The van der Waals surface area contributed by atoms with Crippen LogP contribution in [0.25, 0.3) is 0 Å². The summed E-state index contributed by atoms with van der Waals surface area (Å²) in [7, 11) is -2.58. The molecule has 0 atom stereocenters. The minimum absolute atomic E-state index is 0.0619. The number of nitro benzene ring substituents is 1. The Morgan fingerprint density at radius 3 is 2.59 bits per heavy atom. The Balaban J connectivity index is 1.93. The third kappa shape index (κ3) is 7.41. The molecular weight excluding hydrogens is 454 g/mol. The molecule has 0 unspecified atom stereocenters. The first-order chi connectivity index (χ1) is 15.1. The lowest BCUT2D eigenvalue weighted by Gasteiger charge is -2.23. The molecule has 0 bridgehead atoms. The normalized spacial score (nSPS) is 11.1. The molecule has 1 N–H and O–H groups in total. The summed E-state index contributed by atoms with van der Waals surface area (Å²) in [5.74, 6) is 1.33.